The lowest BCUT2D eigenvalue weighted by atomic mass is 10.2. The second-order valence-corrected chi connectivity index (χ2v) is 4.10. The van der Waals surface area contributed by atoms with Crippen LogP contribution in [-0.4, -0.2) is 35.5 Å². The summed E-state index contributed by atoms with van der Waals surface area (Å²) >= 11 is 2.00. The largest absolute Gasteiger partial charge is 0.287 e. The quantitative estimate of drug-likeness (QED) is 0.556. The SMILES string of the molecule is CC1CCSCCN1CC#N. The van der Waals surface area contributed by atoms with Crippen LogP contribution < -0.4 is 0 Å². The molecule has 1 aliphatic heterocycles. The average molecular weight is 170 g/mol. The van der Waals surface area contributed by atoms with Crippen molar-refractivity contribution >= 4 is 11.8 Å². The van der Waals surface area contributed by atoms with E-state index < -0.39 is 0 Å². The first-order chi connectivity index (χ1) is 5.34. The third-order valence-corrected chi connectivity index (χ3v) is 3.10. The van der Waals surface area contributed by atoms with Gasteiger partial charge in [-0.05, 0) is 19.1 Å². The molecule has 11 heavy (non-hydrogen) atoms. The van der Waals surface area contributed by atoms with Crippen molar-refractivity contribution in [3.05, 3.63) is 0 Å². The van der Waals surface area contributed by atoms with E-state index in [1.165, 1.54) is 17.9 Å². The summed E-state index contributed by atoms with van der Waals surface area (Å²) in [6.07, 6.45) is 1.23. The molecule has 0 aromatic heterocycles. The number of rotatable bonds is 1. The second kappa shape index (κ2) is 4.63. The third kappa shape index (κ3) is 2.72. The number of hydrogen-bond donors (Lipinski definition) is 0. The van der Waals surface area contributed by atoms with Crippen molar-refractivity contribution < 1.29 is 0 Å². The molecule has 0 aliphatic carbocycles. The van der Waals surface area contributed by atoms with Crippen LogP contribution >= 0.6 is 11.8 Å². The maximum Gasteiger partial charge on any atom is 0.0868 e. The van der Waals surface area contributed by atoms with Gasteiger partial charge in [0.05, 0.1) is 12.6 Å². The van der Waals surface area contributed by atoms with Gasteiger partial charge in [-0.1, -0.05) is 0 Å². The smallest absolute Gasteiger partial charge is 0.0868 e. The van der Waals surface area contributed by atoms with E-state index in [2.05, 4.69) is 17.9 Å². The van der Waals surface area contributed by atoms with E-state index in [1.54, 1.807) is 0 Å². The van der Waals surface area contributed by atoms with E-state index >= 15 is 0 Å². The Labute approximate surface area is 72.6 Å². The van der Waals surface area contributed by atoms with E-state index in [-0.39, 0.29) is 0 Å². The molecule has 0 bridgehead atoms. The van der Waals surface area contributed by atoms with Gasteiger partial charge in [-0.2, -0.15) is 17.0 Å². The van der Waals surface area contributed by atoms with Crippen LogP contribution in [0.2, 0.25) is 0 Å². The molecule has 3 heteroatoms. The van der Waals surface area contributed by atoms with Gasteiger partial charge in [0.1, 0.15) is 0 Å². The van der Waals surface area contributed by atoms with E-state index in [0.29, 0.717) is 12.6 Å². The Morgan fingerprint density at radius 1 is 1.64 bits per heavy atom. The van der Waals surface area contributed by atoms with Gasteiger partial charge >= 0.3 is 0 Å². The number of hydrogen-bond acceptors (Lipinski definition) is 3. The van der Waals surface area contributed by atoms with Crippen molar-refractivity contribution in [2.45, 2.75) is 19.4 Å². The molecule has 1 unspecified atom stereocenters. The second-order valence-electron chi connectivity index (χ2n) is 2.88. The molecular formula is C8H14N2S. The fourth-order valence-electron chi connectivity index (χ4n) is 1.27. The molecule has 1 aliphatic rings. The Bertz CT molecular complexity index is 153. The van der Waals surface area contributed by atoms with Crippen LogP contribution in [0.25, 0.3) is 0 Å². The van der Waals surface area contributed by atoms with Crippen LogP contribution in [0, 0.1) is 11.3 Å². The number of nitriles is 1. The normalized spacial score (nSPS) is 27.5. The molecule has 0 aromatic rings. The molecule has 0 radical (unpaired) electrons. The van der Waals surface area contributed by atoms with Gasteiger partial charge in [0.15, 0.2) is 0 Å². The highest BCUT2D eigenvalue weighted by Gasteiger charge is 2.15. The zero-order valence-electron chi connectivity index (χ0n) is 6.92. The predicted octanol–water partition coefficient (Wildman–Crippen LogP) is 1.34. The standard InChI is InChI=1S/C8H14N2S/c1-8-2-6-11-7-5-10(8)4-3-9/h8H,2,4-7H2,1H3. The molecule has 62 valence electrons. The van der Waals surface area contributed by atoms with Gasteiger partial charge in [0.25, 0.3) is 0 Å². The highest BCUT2D eigenvalue weighted by atomic mass is 32.2. The Morgan fingerprint density at radius 3 is 3.18 bits per heavy atom. The molecular weight excluding hydrogens is 156 g/mol. The van der Waals surface area contributed by atoms with Crippen LogP contribution in [0.4, 0.5) is 0 Å². The fourth-order valence-corrected chi connectivity index (χ4v) is 2.34. The first-order valence-electron chi connectivity index (χ1n) is 4.03. The Hall–Kier alpha value is -0.200. The van der Waals surface area contributed by atoms with Gasteiger partial charge in [-0.25, -0.2) is 0 Å². The maximum atomic E-state index is 8.53. The fraction of sp³-hybridized carbons (Fsp3) is 0.875. The molecule has 0 aromatic carbocycles. The van der Waals surface area contributed by atoms with E-state index in [0.717, 1.165) is 6.54 Å². The predicted molar refractivity (Wildman–Crippen MR) is 48.6 cm³/mol. The summed E-state index contributed by atoms with van der Waals surface area (Å²) in [5, 5.41) is 8.53. The highest BCUT2D eigenvalue weighted by Crippen LogP contribution is 2.14. The minimum atomic E-state index is 0.599. The Kier molecular flexibility index (Phi) is 3.74. The van der Waals surface area contributed by atoms with Crippen LogP contribution in [0.15, 0.2) is 0 Å². The third-order valence-electron chi connectivity index (χ3n) is 2.10. The average Bonchev–Trinajstić information content (AvgIpc) is 2.18. The Morgan fingerprint density at radius 2 is 2.45 bits per heavy atom. The summed E-state index contributed by atoms with van der Waals surface area (Å²) in [7, 11) is 0. The molecule has 0 amide bonds. The van der Waals surface area contributed by atoms with Gasteiger partial charge in [-0.15, -0.1) is 0 Å². The van der Waals surface area contributed by atoms with E-state index in [1.807, 2.05) is 11.8 Å². The molecule has 0 spiro atoms. The number of thioether (sulfide) groups is 1. The first kappa shape index (κ1) is 8.89. The summed E-state index contributed by atoms with van der Waals surface area (Å²) in [5.74, 6) is 2.44. The highest BCUT2D eigenvalue weighted by molar-refractivity contribution is 7.99. The van der Waals surface area contributed by atoms with Crippen molar-refractivity contribution in [3.8, 4) is 6.07 Å². The van der Waals surface area contributed by atoms with Crippen LogP contribution in [0.5, 0.6) is 0 Å². The minimum Gasteiger partial charge on any atom is -0.287 e. The molecule has 1 fully saturated rings. The monoisotopic (exact) mass is 170 g/mol. The van der Waals surface area contributed by atoms with Crippen LogP contribution in [0.1, 0.15) is 13.3 Å². The van der Waals surface area contributed by atoms with E-state index in [9.17, 15) is 0 Å². The molecule has 1 rings (SSSR count). The van der Waals surface area contributed by atoms with Crippen molar-refractivity contribution in [1.82, 2.24) is 4.90 Å². The van der Waals surface area contributed by atoms with Crippen molar-refractivity contribution in [3.63, 3.8) is 0 Å². The van der Waals surface area contributed by atoms with Gasteiger partial charge < -0.3 is 0 Å². The lowest BCUT2D eigenvalue weighted by Crippen LogP contribution is -2.33. The van der Waals surface area contributed by atoms with E-state index in [4.69, 9.17) is 5.26 Å². The molecule has 1 atom stereocenters. The lowest BCUT2D eigenvalue weighted by Gasteiger charge is -2.22. The molecule has 1 heterocycles. The van der Waals surface area contributed by atoms with Crippen molar-refractivity contribution in [2.24, 2.45) is 0 Å². The topological polar surface area (TPSA) is 27.0 Å². The zero-order chi connectivity index (χ0) is 8.10. The summed E-state index contributed by atoms with van der Waals surface area (Å²) in [5.41, 5.74) is 0. The molecule has 1 saturated heterocycles. The van der Waals surface area contributed by atoms with Crippen molar-refractivity contribution in [2.75, 3.05) is 24.6 Å². The van der Waals surface area contributed by atoms with Gasteiger partial charge in [-0.3, -0.25) is 4.90 Å². The first-order valence-corrected chi connectivity index (χ1v) is 5.19. The molecule has 0 saturated carbocycles. The zero-order valence-corrected chi connectivity index (χ0v) is 7.73. The Balaban J connectivity index is 2.40. The summed E-state index contributed by atoms with van der Waals surface area (Å²) < 4.78 is 0. The van der Waals surface area contributed by atoms with Crippen LogP contribution in [-0.2, 0) is 0 Å². The minimum absolute atomic E-state index is 0.599. The van der Waals surface area contributed by atoms with Crippen LogP contribution in [0.3, 0.4) is 0 Å². The lowest BCUT2D eigenvalue weighted by molar-refractivity contribution is 0.248. The number of nitrogens with zero attached hydrogens (tertiary/aromatic N) is 2. The van der Waals surface area contributed by atoms with Gasteiger partial charge in [0, 0.05) is 18.3 Å². The maximum absolute atomic E-state index is 8.53. The van der Waals surface area contributed by atoms with Gasteiger partial charge in [0.2, 0.25) is 0 Å². The summed E-state index contributed by atoms with van der Waals surface area (Å²) in [6.45, 7) is 3.89. The molecule has 2 nitrogen and oxygen atoms in total. The van der Waals surface area contributed by atoms with Crippen molar-refractivity contribution in [1.29, 1.82) is 5.26 Å². The summed E-state index contributed by atoms with van der Waals surface area (Å²) in [6, 6.07) is 2.81. The molecule has 0 N–H and O–H groups in total. The summed E-state index contributed by atoms with van der Waals surface area (Å²) in [4.78, 5) is 2.26.